The van der Waals surface area contributed by atoms with Gasteiger partial charge in [0.1, 0.15) is 16.4 Å². The van der Waals surface area contributed by atoms with Gasteiger partial charge in [-0.1, -0.05) is 33.3 Å². The predicted octanol–water partition coefficient (Wildman–Crippen LogP) is 4.51. The number of nitrogens with one attached hydrogen (secondary N) is 1. The molecule has 1 aliphatic rings. The molecule has 0 radical (unpaired) electrons. The van der Waals surface area contributed by atoms with Crippen molar-refractivity contribution >= 4 is 21.6 Å². The number of rotatable bonds is 5. The van der Waals surface area contributed by atoms with Crippen molar-refractivity contribution in [1.82, 2.24) is 4.31 Å². The summed E-state index contributed by atoms with van der Waals surface area (Å²) in [6.07, 6.45) is 2.59. The van der Waals surface area contributed by atoms with Crippen LogP contribution in [0.3, 0.4) is 0 Å². The van der Waals surface area contributed by atoms with Crippen LogP contribution in [0.15, 0.2) is 41.3 Å². The average molecular weight is 461 g/mol. The molecule has 1 unspecified atom stereocenters. The smallest absolute Gasteiger partial charge is 0.255 e. The molecule has 7 nitrogen and oxygen atoms in total. The first-order chi connectivity index (χ1) is 14.9. The Labute approximate surface area is 190 Å². The number of aromatic hydroxyl groups is 1. The zero-order chi connectivity index (χ0) is 23.7. The lowest BCUT2D eigenvalue weighted by Gasteiger charge is -2.32. The summed E-state index contributed by atoms with van der Waals surface area (Å²) in [5.41, 5.74) is 1.21. The third-order valence-corrected chi connectivity index (χ3v) is 7.90. The fourth-order valence-corrected chi connectivity index (χ4v) is 5.75. The molecule has 1 saturated heterocycles. The number of sulfonamides is 1. The molecule has 1 aliphatic heterocycles. The maximum atomic E-state index is 13.4. The second kappa shape index (κ2) is 9.11. The van der Waals surface area contributed by atoms with Crippen molar-refractivity contribution in [1.29, 1.82) is 0 Å². The van der Waals surface area contributed by atoms with E-state index in [9.17, 15) is 18.3 Å². The van der Waals surface area contributed by atoms with Gasteiger partial charge in [0.2, 0.25) is 10.0 Å². The molecule has 0 bridgehead atoms. The molecule has 2 aromatic rings. The van der Waals surface area contributed by atoms with Crippen molar-refractivity contribution in [2.24, 2.45) is 0 Å². The second-order valence-electron chi connectivity index (χ2n) is 9.26. The number of ether oxygens (including phenoxy) is 1. The van der Waals surface area contributed by atoms with Crippen LogP contribution in [0.1, 0.15) is 62.9 Å². The summed E-state index contributed by atoms with van der Waals surface area (Å²) in [4.78, 5) is 12.9. The van der Waals surface area contributed by atoms with Gasteiger partial charge in [0.05, 0.1) is 12.8 Å². The van der Waals surface area contributed by atoms with Crippen molar-refractivity contribution in [3.8, 4) is 11.5 Å². The van der Waals surface area contributed by atoms with Crippen molar-refractivity contribution in [3.63, 3.8) is 0 Å². The van der Waals surface area contributed by atoms with E-state index in [1.165, 1.54) is 35.7 Å². The Bertz CT molecular complexity index is 1110. The third-order valence-electron chi connectivity index (χ3n) is 5.87. The van der Waals surface area contributed by atoms with Crippen LogP contribution < -0.4 is 10.1 Å². The minimum Gasteiger partial charge on any atom is -0.506 e. The molecule has 0 aromatic heterocycles. The van der Waals surface area contributed by atoms with Gasteiger partial charge < -0.3 is 15.2 Å². The SMILES string of the molecule is COc1ccc(C(=O)Nc2cc(C(C)(C)C)ccc2O)cc1S(=O)(=O)N1CCCCC1C. The van der Waals surface area contributed by atoms with Gasteiger partial charge in [-0.15, -0.1) is 0 Å². The Morgan fingerprint density at radius 2 is 1.88 bits per heavy atom. The summed E-state index contributed by atoms with van der Waals surface area (Å²) < 4.78 is 33.6. The molecule has 1 heterocycles. The molecule has 32 heavy (non-hydrogen) atoms. The number of benzene rings is 2. The molecule has 1 amide bonds. The highest BCUT2D eigenvalue weighted by molar-refractivity contribution is 7.89. The predicted molar refractivity (Wildman–Crippen MR) is 125 cm³/mol. The standard InChI is InChI=1S/C24H32N2O5S/c1-16-8-6-7-13-26(16)32(29,30)22-14-17(9-12-21(22)31-5)23(28)25-19-15-18(24(2,3)4)10-11-20(19)27/h9-12,14-16,27H,6-8,13H2,1-5H3,(H,25,28). The van der Waals surface area contributed by atoms with Gasteiger partial charge >= 0.3 is 0 Å². The second-order valence-corrected chi connectivity index (χ2v) is 11.1. The summed E-state index contributed by atoms with van der Waals surface area (Å²) in [5, 5.41) is 12.9. The lowest BCUT2D eigenvalue weighted by atomic mass is 9.87. The fraction of sp³-hybridized carbons (Fsp3) is 0.458. The number of amides is 1. The Balaban J connectivity index is 1.96. The van der Waals surface area contributed by atoms with Crippen LogP contribution in [0.25, 0.3) is 0 Å². The van der Waals surface area contributed by atoms with Crippen molar-refractivity contribution in [3.05, 3.63) is 47.5 Å². The van der Waals surface area contributed by atoms with Crippen molar-refractivity contribution in [2.75, 3.05) is 19.0 Å². The van der Waals surface area contributed by atoms with E-state index in [0.29, 0.717) is 6.54 Å². The molecule has 1 atom stereocenters. The molecule has 2 N–H and O–H groups in total. The minimum absolute atomic E-state index is 0.0333. The molecule has 3 rings (SSSR count). The number of phenols is 1. The van der Waals surface area contributed by atoms with Crippen molar-refractivity contribution in [2.45, 2.75) is 63.3 Å². The number of carbonyl (C=O) groups excluding carboxylic acids is 1. The molecule has 0 spiro atoms. The topological polar surface area (TPSA) is 95.9 Å². The van der Waals surface area contributed by atoms with Gasteiger partial charge in [0.25, 0.3) is 5.91 Å². The first kappa shape index (κ1) is 24.1. The Morgan fingerprint density at radius 3 is 2.50 bits per heavy atom. The molecule has 8 heteroatoms. The van der Waals surface area contributed by atoms with Gasteiger partial charge in [-0.3, -0.25) is 4.79 Å². The van der Waals surface area contributed by atoms with Crippen LogP contribution in [-0.2, 0) is 15.4 Å². The van der Waals surface area contributed by atoms with Gasteiger partial charge in [-0.05, 0) is 61.1 Å². The van der Waals surface area contributed by atoms with Gasteiger partial charge in [0, 0.05) is 18.2 Å². The maximum Gasteiger partial charge on any atom is 0.255 e. The number of hydrogen-bond donors (Lipinski definition) is 2. The number of piperidine rings is 1. The summed E-state index contributed by atoms with van der Waals surface area (Å²) in [6, 6.07) is 9.30. The van der Waals surface area contributed by atoms with Gasteiger partial charge in [-0.25, -0.2) is 8.42 Å². The lowest BCUT2D eigenvalue weighted by Crippen LogP contribution is -2.42. The van der Waals surface area contributed by atoms with Crippen LogP contribution >= 0.6 is 0 Å². The summed E-state index contributed by atoms with van der Waals surface area (Å²) in [5.74, 6) is -0.385. The average Bonchev–Trinajstić information content (AvgIpc) is 2.74. The molecule has 0 aliphatic carbocycles. The molecular weight excluding hydrogens is 428 g/mol. The molecule has 1 fully saturated rings. The number of carbonyl (C=O) groups is 1. The largest absolute Gasteiger partial charge is 0.506 e. The quantitative estimate of drug-likeness (QED) is 0.640. The maximum absolute atomic E-state index is 13.4. The van der Waals surface area contributed by atoms with E-state index in [2.05, 4.69) is 5.32 Å². The summed E-state index contributed by atoms with van der Waals surface area (Å²) in [7, 11) is -2.43. The van der Waals surface area contributed by atoms with Crippen molar-refractivity contribution < 1.29 is 23.1 Å². The van der Waals surface area contributed by atoms with E-state index >= 15 is 0 Å². The van der Waals surface area contributed by atoms with E-state index < -0.39 is 15.9 Å². The summed E-state index contributed by atoms with van der Waals surface area (Å²) >= 11 is 0. The monoisotopic (exact) mass is 460 g/mol. The highest BCUT2D eigenvalue weighted by Gasteiger charge is 2.33. The van der Waals surface area contributed by atoms with E-state index in [1.54, 1.807) is 6.07 Å². The summed E-state index contributed by atoms with van der Waals surface area (Å²) in [6.45, 7) is 8.44. The first-order valence-corrected chi connectivity index (χ1v) is 12.2. The molecule has 174 valence electrons. The van der Waals surface area contributed by atoms with Gasteiger partial charge in [-0.2, -0.15) is 4.31 Å². The fourth-order valence-electron chi connectivity index (χ4n) is 3.87. The Kier molecular flexibility index (Phi) is 6.86. The van der Waals surface area contributed by atoms with Crippen LogP contribution in [-0.4, -0.2) is 43.4 Å². The van der Waals surface area contributed by atoms with Crippen LogP contribution in [0.5, 0.6) is 11.5 Å². The van der Waals surface area contributed by atoms with Crippen LogP contribution in [0.2, 0.25) is 0 Å². The zero-order valence-electron chi connectivity index (χ0n) is 19.3. The van der Waals surface area contributed by atoms with E-state index in [1.807, 2.05) is 33.8 Å². The highest BCUT2D eigenvalue weighted by Crippen LogP contribution is 2.33. The highest BCUT2D eigenvalue weighted by atomic mass is 32.2. The van der Waals surface area contributed by atoms with E-state index in [-0.39, 0.29) is 39.1 Å². The van der Waals surface area contributed by atoms with E-state index in [4.69, 9.17) is 4.74 Å². The lowest BCUT2D eigenvalue weighted by molar-refractivity contribution is 0.102. The normalized spacial score (nSPS) is 17.7. The number of hydrogen-bond acceptors (Lipinski definition) is 5. The van der Waals surface area contributed by atoms with Crippen LogP contribution in [0, 0.1) is 0 Å². The van der Waals surface area contributed by atoms with E-state index in [0.717, 1.165) is 24.8 Å². The Morgan fingerprint density at radius 1 is 1.16 bits per heavy atom. The molecule has 2 aromatic carbocycles. The number of anilines is 1. The molecular formula is C24H32N2O5S. The van der Waals surface area contributed by atoms with Crippen LogP contribution in [0.4, 0.5) is 5.69 Å². The number of phenolic OH excluding ortho intramolecular Hbond substituents is 1. The first-order valence-electron chi connectivity index (χ1n) is 10.8. The minimum atomic E-state index is -3.84. The zero-order valence-corrected chi connectivity index (χ0v) is 20.1. The number of methoxy groups -OCH3 is 1. The molecule has 0 saturated carbocycles. The Hall–Kier alpha value is -2.58. The van der Waals surface area contributed by atoms with Gasteiger partial charge in [0.15, 0.2) is 0 Å². The number of nitrogens with zero attached hydrogens (tertiary/aromatic N) is 1. The third kappa shape index (κ3) is 4.91.